The number of carboxylic acid groups (broad SMARTS) is 1. The van der Waals surface area contributed by atoms with Gasteiger partial charge < -0.3 is 14.4 Å². The lowest BCUT2D eigenvalue weighted by Crippen LogP contribution is -2.44. The van der Waals surface area contributed by atoms with E-state index < -0.39 is 5.97 Å². The molecule has 1 N–H and O–H groups in total. The molecule has 2 heterocycles. The molecule has 0 aromatic carbocycles. The van der Waals surface area contributed by atoms with E-state index in [0.29, 0.717) is 36.2 Å². The second-order valence-corrected chi connectivity index (χ2v) is 6.32. The molecule has 2 fully saturated rings. The second kappa shape index (κ2) is 6.10. The highest BCUT2D eigenvalue weighted by Crippen LogP contribution is 2.40. The molecule has 2 aliphatic rings. The maximum Gasteiger partial charge on any atom is 0.303 e. The van der Waals surface area contributed by atoms with Crippen molar-refractivity contribution in [2.24, 2.45) is 0 Å². The number of likely N-dealkylation sites (tertiary alicyclic amines) is 1. The van der Waals surface area contributed by atoms with Crippen molar-refractivity contribution in [3.63, 3.8) is 0 Å². The smallest absolute Gasteiger partial charge is 0.303 e. The highest BCUT2D eigenvalue weighted by atomic mass is 16.4. The first-order valence-corrected chi connectivity index (χ1v) is 8.06. The number of aliphatic carboxylic acids is 1. The number of piperidine rings is 1. The van der Waals surface area contributed by atoms with Gasteiger partial charge in [0, 0.05) is 24.9 Å². The van der Waals surface area contributed by atoms with Gasteiger partial charge in [-0.1, -0.05) is 0 Å². The Labute approximate surface area is 129 Å². The van der Waals surface area contributed by atoms with Gasteiger partial charge in [-0.15, -0.1) is 0 Å². The molecule has 1 aromatic heterocycles. The van der Waals surface area contributed by atoms with Crippen LogP contribution in [0.4, 0.5) is 0 Å². The van der Waals surface area contributed by atoms with Gasteiger partial charge in [-0.25, -0.2) is 4.98 Å². The van der Waals surface area contributed by atoms with Crippen LogP contribution in [0.2, 0.25) is 0 Å². The van der Waals surface area contributed by atoms with E-state index >= 15 is 0 Å². The minimum absolute atomic E-state index is 0.00813. The van der Waals surface area contributed by atoms with Crippen molar-refractivity contribution >= 4 is 11.9 Å². The summed E-state index contributed by atoms with van der Waals surface area (Å²) in [4.78, 5) is 29.7. The molecule has 6 heteroatoms. The quantitative estimate of drug-likeness (QED) is 0.904. The maximum absolute atomic E-state index is 12.8. The Bertz CT molecular complexity index is 577. The van der Waals surface area contributed by atoms with E-state index in [9.17, 15) is 9.59 Å². The highest BCUT2D eigenvalue weighted by Gasteiger charge is 2.34. The molecule has 1 saturated heterocycles. The molecule has 6 nitrogen and oxygen atoms in total. The molecule has 0 spiro atoms. The fourth-order valence-corrected chi connectivity index (χ4v) is 3.11. The molecule has 1 atom stereocenters. The normalized spacial score (nSPS) is 21.9. The molecule has 0 radical (unpaired) electrons. The van der Waals surface area contributed by atoms with Crippen molar-refractivity contribution in [1.82, 2.24) is 9.88 Å². The Morgan fingerprint density at radius 1 is 1.32 bits per heavy atom. The van der Waals surface area contributed by atoms with Crippen LogP contribution in [0, 0.1) is 6.92 Å². The van der Waals surface area contributed by atoms with E-state index in [-0.39, 0.29) is 18.4 Å². The average molecular weight is 306 g/mol. The topological polar surface area (TPSA) is 83.6 Å². The van der Waals surface area contributed by atoms with Gasteiger partial charge >= 0.3 is 5.97 Å². The van der Waals surface area contributed by atoms with Crippen molar-refractivity contribution in [2.75, 3.05) is 6.54 Å². The van der Waals surface area contributed by atoms with Gasteiger partial charge in [0.1, 0.15) is 0 Å². The molecule has 1 aliphatic carbocycles. The van der Waals surface area contributed by atoms with Crippen LogP contribution in [0.15, 0.2) is 4.42 Å². The van der Waals surface area contributed by atoms with E-state index in [2.05, 4.69) is 4.98 Å². The van der Waals surface area contributed by atoms with Crippen molar-refractivity contribution in [1.29, 1.82) is 0 Å². The Morgan fingerprint density at radius 2 is 2.09 bits per heavy atom. The minimum atomic E-state index is -0.815. The summed E-state index contributed by atoms with van der Waals surface area (Å²) < 4.78 is 5.71. The summed E-state index contributed by atoms with van der Waals surface area (Å²) in [6.45, 7) is 2.47. The number of carbonyl (C=O) groups is 2. The first-order valence-electron chi connectivity index (χ1n) is 8.06. The summed E-state index contributed by atoms with van der Waals surface area (Å²) in [6.07, 6.45) is 5.62. The molecule has 120 valence electrons. The van der Waals surface area contributed by atoms with Gasteiger partial charge in [0.2, 0.25) is 5.76 Å². The number of hydrogen-bond donors (Lipinski definition) is 1. The lowest BCUT2D eigenvalue weighted by atomic mass is 9.97. The Kier molecular flexibility index (Phi) is 4.18. The third-order valence-corrected chi connectivity index (χ3v) is 4.51. The van der Waals surface area contributed by atoms with Crippen LogP contribution in [0.1, 0.15) is 73.0 Å². The maximum atomic E-state index is 12.8. The van der Waals surface area contributed by atoms with E-state index in [4.69, 9.17) is 9.52 Å². The number of aromatic nitrogens is 1. The lowest BCUT2D eigenvalue weighted by molar-refractivity contribution is -0.137. The predicted octanol–water partition coefficient (Wildman–Crippen LogP) is 2.72. The summed E-state index contributed by atoms with van der Waals surface area (Å²) in [7, 11) is 0. The molecule has 0 bridgehead atoms. The van der Waals surface area contributed by atoms with Gasteiger partial charge in [-0.05, 0) is 45.4 Å². The summed E-state index contributed by atoms with van der Waals surface area (Å²) in [6, 6.07) is -0.00813. The Hall–Kier alpha value is -1.85. The zero-order chi connectivity index (χ0) is 15.7. The highest BCUT2D eigenvalue weighted by molar-refractivity contribution is 5.92. The first-order chi connectivity index (χ1) is 10.6. The number of aryl methyl sites for hydroxylation is 1. The molecule has 1 amide bonds. The van der Waals surface area contributed by atoms with Crippen molar-refractivity contribution in [3.05, 3.63) is 17.3 Å². The molecule has 1 aliphatic heterocycles. The van der Waals surface area contributed by atoms with Crippen LogP contribution in [-0.2, 0) is 4.79 Å². The number of hydrogen-bond acceptors (Lipinski definition) is 4. The van der Waals surface area contributed by atoms with Crippen LogP contribution >= 0.6 is 0 Å². The number of oxazole rings is 1. The largest absolute Gasteiger partial charge is 0.481 e. The lowest BCUT2D eigenvalue weighted by Gasteiger charge is -2.35. The molecule has 1 saturated carbocycles. The standard InChI is InChI=1S/C16H22N2O4/c1-10-14(22-15(17-10)11-5-6-11)16(21)18-9-3-2-4-12(18)7-8-13(19)20/h11-12H,2-9H2,1H3,(H,19,20). The SMILES string of the molecule is Cc1nc(C2CC2)oc1C(=O)N1CCCCC1CCC(=O)O. The third kappa shape index (κ3) is 3.15. The van der Waals surface area contributed by atoms with Crippen molar-refractivity contribution in [2.45, 2.75) is 63.8 Å². The molecule has 1 unspecified atom stereocenters. The van der Waals surface area contributed by atoms with E-state index in [1.165, 1.54) is 0 Å². The van der Waals surface area contributed by atoms with Gasteiger partial charge in [-0.2, -0.15) is 0 Å². The van der Waals surface area contributed by atoms with E-state index in [1.54, 1.807) is 11.8 Å². The minimum Gasteiger partial charge on any atom is -0.481 e. The first kappa shape index (κ1) is 15.1. The van der Waals surface area contributed by atoms with Crippen LogP contribution in [-0.4, -0.2) is 39.5 Å². The predicted molar refractivity (Wildman–Crippen MR) is 78.8 cm³/mol. The average Bonchev–Trinajstić information content (AvgIpc) is 3.28. The number of nitrogens with zero attached hydrogens (tertiary/aromatic N) is 2. The summed E-state index contributed by atoms with van der Waals surface area (Å²) in [5.74, 6) is 0.449. The van der Waals surface area contributed by atoms with Crippen LogP contribution < -0.4 is 0 Å². The van der Waals surface area contributed by atoms with Gasteiger partial charge in [0.25, 0.3) is 5.91 Å². The monoisotopic (exact) mass is 306 g/mol. The number of amides is 1. The van der Waals surface area contributed by atoms with Crippen molar-refractivity contribution < 1.29 is 19.1 Å². The molecular formula is C16H22N2O4. The Balaban J connectivity index is 1.74. The fourth-order valence-electron chi connectivity index (χ4n) is 3.11. The molecule has 1 aromatic rings. The summed E-state index contributed by atoms with van der Waals surface area (Å²) in [5, 5.41) is 8.87. The second-order valence-electron chi connectivity index (χ2n) is 6.32. The van der Waals surface area contributed by atoms with E-state index in [0.717, 1.165) is 32.1 Å². The zero-order valence-electron chi connectivity index (χ0n) is 12.9. The van der Waals surface area contributed by atoms with Gasteiger partial charge in [0.15, 0.2) is 5.89 Å². The number of carboxylic acids is 1. The molecule has 22 heavy (non-hydrogen) atoms. The van der Waals surface area contributed by atoms with Gasteiger partial charge in [0.05, 0.1) is 5.69 Å². The summed E-state index contributed by atoms with van der Waals surface area (Å²) in [5.41, 5.74) is 0.648. The number of carbonyl (C=O) groups excluding carboxylic acids is 1. The zero-order valence-corrected chi connectivity index (χ0v) is 12.9. The fraction of sp³-hybridized carbons (Fsp3) is 0.688. The Morgan fingerprint density at radius 3 is 2.77 bits per heavy atom. The number of rotatable bonds is 5. The van der Waals surface area contributed by atoms with E-state index in [1.807, 2.05) is 0 Å². The van der Waals surface area contributed by atoms with Crippen LogP contribution in [0.25, 0.3) is 0 Å². The summed E-state index contributed by atoms with van der Waals surface area (Å²) >= 11 is 0. The third-order valence-electron chi connectivity index (χ3n) is 4.51. The van der Waals surface area contributed by atoms with Crippen LogP contribution in [0.5, 0.6) is 0 Å². The van der Waals surface area contributed by atoms with Gasteiger partial charge in [-0.3, -0.25) is 9.59 Å². The molecular weight excluding hydrogens is 284 g/mol. The molecule has 3 rings (SSSR count). The van der Waals surface area contributed by atoms with Crippen LogP contribution in [0.3, 0.4) is 0 Å². The van der Waals surface area contributed by atoms with Crippen molar-refractivity contribution in [3.8, 4) is 0 Å².